The topological polar surface area (TPSA) is 67.9 Å². The van der Waals surface area contributed by atoms with E-state index in [1.54, 1.807) is 48.4 Å². The van der Waals surface area contributed by atoms with Gasteiger partial charge in [-0.25, -0.2) is 0 Å². The predicted octanol–water partition coefficient (Wildman–Crippen LogP) is 6.08. The van der Waals surface area contributed by atoms with Crippen molar-refractivity contribution in [3.8, 4) is 11.5 Å². The van der Waals surface area contributed by atoms with Gasteiger partial charge in [-0.05, 0) is 48.2 Å². The van der Waals surface area contributed by atoms with Gasteiger partial charge in [-0.1, -0.05) is 84.6 Å². The second kappa shape index (κ2) is 13.5. The Labute approximate surface area is 233 Å². The highest BCUT2D eigenvalue weighted by Gasteiger charge is 2.33. The summed E-state index contributed by atoms with van der Waals surface area (Å²) in [6.45, 7) is -0.146. The summed E-state index contributed by atoms with van der Waals surface area (Å²) in [4.78, 5) is 29.1. The van der Waals surface area contributed by atoms with Crippen molar-refractivity contribution in [2.75, 3.05) is 13.7 Å². The number of ether oxygens (including phenoxy) is 2. The standard InChI is InChI=1S/C30H32Cl2N2O4/c1-37-27-13-7-8-14-28(27)38-20-29(35)34(19-22-15-16-23(31)18-25(22)32)26(17-21-9-3-2-4-10-21)30(36)33-24-11-5-6-12-24/h2-4,7-10,13-16,18,24,26H,5-6,11-12,17,19-20H2,1H3,(H,33,36)/t26-/m1/s1. The summed E-state index contributed by atoms with van der Waals surface area (Å²) in [5, 5.41) is 4.11. The molecule has 1 N–H and O–H groups in total. The first-order chi connectivity index (χ1) is 18.4. The van der Waals surface area contributed by atoms with Gasteiger partial charge >= 0.3 is 0 Å². The van der Waals surface area contributed by atoms with Gasteiger partial charge in [-0.15, -0.1) is 0 Å². The van der Waals surface area contributed by atoms with Crippen LogP contribution in [-0.2, 0) is 22.6 Å². The number of halogens is 2. The van der Waals surface area contributed by atoms with Gasteiger partial charge in [0.05, 0.1) is 7.11 Å². The highest BCUT2D eigenvalue weighted by molar-refractivity contribution is 6.35. The molecule has 0 radical (unpaired) electrons. The van der Waals surface area contributed by atoms with E-state index in [1.807, 2.05) is 36.4 Å². The van der Waals surface area contributed by atoms with Gasteiger partial charge in [0.25, 0.3) is 5.91 Å². The Morgan fingerprint density at radius 3 is 2.34 bits per heavy atom. The third-order valence-corrected chi connectivity index (χ3v) is 7.34. The van der Waals surface area contributed by atoms with E-state index >= 15 is 0 Å². The van der Waals surface area contributed by atoms with Crippen molar-refractivity contribution in [2.24, 2.45) is 0 Å². The van der Waals surface area contributed by atoms with Crippen molar-refractivity contribution in [3.63, 3.8) is 0 Å². The molecule has 6 nitrogen and oxygen atoms in total. The molecular formula is C30H32Cl2N2O4. The fraction of sp³-hybridized carbons (Fsp3) is 0.333. The van der Waals surface area contributed by atoms with Gasteiger partial charge in [0.1, 0.15) is 6.04 Å². The van der Waals surface area contributed by atoms with Crippen molar-refractivity contribution >= 4 is 35.0 Å². The molecule has 8 heteroatoms. The smallest absolute Gasteiger partial charge is 0.261 e. The zero-order chi connectivity index (χ0) is 26.9. The van der Waals surface area contributed by atoms with Crippen LogP contribution in [-0.4, -0.2) is 42.5 Å². The average molecular weight is 556 g/mol. The van der Waals surface area contributed by atoms with E-state index in [4.69, 9.17) is 32.7 Å². The molecule has 3 aromatic carbocycles. The summed E-state index contributed by atoms with van der Waals surface area (Å²) < 4.78 is 11.2. The Morgan fingerprint density at radius 1 is 0.974 bits per heavy atom. The fourth-order valence-electron chi connectivity index (χ4n) is 4.72. The molecule has 0 heterocycles. The Balaban J connectivity index is 1.64. The van der Waals surface area contributed by atoms with E-state index in [2.05, 4.69) is 5.32 Å². The number of rotatable bonds is 11. The molecule has 2 amide bonds. The van der Waals surface area contributed by atoms with Gasteiger partial charge < -0.3 is 19.7 Å². The summed E-state index contributed by atoms with van der Waals surface area (Å²) in [5.41, 5.74) is 1.64. The highest BCUT2D eigenvalue weighted by Crippen LogP contribution is 2.27. The number of benzene rings is 3. The van der Waals surface area contributed by atoms with E-state index in [1.165, 1.54) is 0 Å². The minimum absolute atomic E-state index is 0.113. The molecule has 200 valence electrons. The van der Waals surface area contributed by atoms with Crippen molar-refractivity contribution in [1.82, 2.24) is 10.2 Å². The Bertz CT molecular complexity index is 1230. The van der Waals surface area contributed by atoms with E-state index in [0.29, 0.717) is 33.5 Å². The fourth-order valence-corrected chi connectivity index (χ4v) is 5.18. The number of para-hydroxylation sites is 2. The maximum Gasteiger partial charge on any atom is 0.261 e. The number of carbonyl (C=O) groups excluding carboxylic acids is 2. The summed E-state index contributed by atoms with van der Waals surface area (Å²) in [6, 6.07) is 21.3. The first kappa shape index (κ1) is 27.8. The van der Waals surface area contributed by atoms with Gasteiger partial charge in [-0.2, -0.15) is 0 Å². The number of amides is 2. The highest BCUT2D eigenvalue weighted by atomic mass is 35.5. The second-order valence-electron chi connectivity index (χ2n) is 9.39. The quantitative estimate of drug-likeness (QED) is 0.312. The van der Waals surface area contributed by atoms with Crippen LogP contribution < -0.4 is 14.8 Å². The summed E-state index contributed by atoms with van der Waals surface area (Å²) in [7, 11) is 1.54. The molecule has 0 unspecified atom stereocenters. The van der Waals surface area contributed by atoms with Crippen molar-refractivity contribution in [2.45, 2.75) is 50.7 Å². The van der Waals surface area contributed by atoms with Crippen LogP contribution in [0.15, 0.2) is 72.8 Å². The monoisotopic (exact) mass is 554 g/mol. The first-order valence-corrected chi connectivity index (χ1v) is 13.5. The third kappa shape index (κ3) is 7.42. The lowest BCUT2D eigenvalue weighted by Gasteiger charge is -2.32. The molecule has 1 atom stereocenters. The van der Waals surface area contributed by atoms with Crippen LogP contribution in [0.5, 0.6) is 11.5 Å². The van der Waals surface area contributed by atoms with Crippen LogP contribution in [0.1, 0.15) is 36.8 Å². The normalized spacial score (nSPS) is 14.1. The minimum atomic E-state index is -0.765. The maximum atomic E-state index is 13.8. The molecule has 0 bridgehead atoms. The Hall–Kier alpha value is -3.22. The van der Waals surface area contributed by atoms with Crippen LogP contribution in [0.2, 0.25) is 10.0 Å². The molecule has 0 saturated heterocycles. The number of carbonyl (C=O) groups is 2. The summed E-state index contributed by atoms with van der Waals surface area (Å²) in [6.07, 6.45) is 4.41. The van der Waals surface area contributed by atoms with Crippen LogP contribution in [0.3, 0.4) is 0 Å². The SMILES string of the molecule is COc1ccccc1OCC(=O)N(Cc1ccc(Cl)cc1Cl)[C@H](Cc1ccccc1)C(=O)NC1CCCC1. The van der Waals surface area contributed by atoms with Crippen LogP contribution in [0, 0.1) is 0 Å². The largest absolute Gasteiger partial charge is 0.493 e. The molecule has 0 spiro atoms. The Kier molecular flexibility index (Phi) is 9.91. The summed E-state index contributed by atoms with van der Waals surface area (Å²) >= 11 is 12.6. The second-order valence-corrected chi connectivity index (χ2v) is 10.2. The molecule has 3 aromatic rings. The molecule has 38 heavy (non-hydrogen) atoms. The lowest BCUT2D eigenvalue weighted by atomic mass is 10.0. The lowest BCUT2D eigenvalue weighted by molar-refractivity contribution is -0.143. The van der Waals surface area contributed by atoms with E-state index in [9.17, 15) is 9.59 Å². The van der Waals surface area contributed by atoms with E-state index < -0.39 is 6.04 Å². The van der Waals surface area contributed by atoms with Gasteiger partial charge in [0.2, 0.25) is 5.91 Å². The number of hydrogen-bond acceptors (Lipinski definition) is 4. The van der Waals surface area contributed by atoms with Crippen molar-refractivity contribution < 1.29 is 19.1 Å². The molecule has 0 aromatic heterocycles. The molecule has 1 aliphatic carbocycles. The minimum Gasteiger partial charge on any atom is -0.493 e. The lowest BCUT2D eigenvalue weighted by Crippen LogP contribution is -2.53. The van der Waals surface area contributed by atoms with Gasteiger partial charge in [0, 0.05) is 29.1 Å². The van der Waals surface area contributed by atoms with Crippen LogP contribution in [0.25, 0.3) is 0 Å². The Morgan fingerprint density at radius 2 is 1.66 bits per heavy atom. The zero-order valence-electron chi connectivity index (χ0n) is 21.4. The van der Waals surface area contributed by atoms with Gasteiger partial charge in [-0.3, -0.25) is 9.59 Å². The predicted molar refractivity (Wildman–Crippen MR) is 150 cm³/mol. The molecule has 0 aliphatic heterocycles. The maximum absolute atomic E-state index is 13.8. The van der Waals surface area contributed by atoms with Gasteiger partial charge in [0.15, 0.2) is 18.1 Å². The molecular weight excluding hydrogens is 523 g/mol. The third-order valence-electron chi connectivity index (χ3n) is 6.75. The molecule has 4 rings (SSSR count). The first-order valence-electron chi connectivity index (χ1n) is 12.8. The van der Waals surface area contributed by atoms with E-state index in [-0.39, 0.29) is 31.0 Å². The van der Waals surface area contributed by atoms with Crippen LogP contribution >= 0.6 is 23.2 Å². The average Bonchev–Trinajstić information content (AvgIpc) is 3.44. The molecule has 1 aliphatic rings. The molecule has 1 fully saturated rings. The number of nitrogens with zero attached hydrogens (tertiary/aromatic N) is 1. The number of hydrogen-bond donors (Lipinski definition) is 1. The van der Waals surface area contributed by atoms with Crippen molar-refractivity contribution in [1.29, 1.82) is 0 Å². The zero-order valence-corrected chi connectivity index (χ0v) is 22.9. The van der Waals surface area contributed by atoms with Crippen molar-refractivity contribution in [3.05, 3.63) is 94.0 Å². The van der Waals surface area contributed by atoms with Crippen LogP contribution in [0.4, 0.5) is 0 Å². The number of methoxy groups -OCH3 is 1. The summed E-state index contributed by atoms with van der Waals surface area (Å²) in [5.74, 6) is 0.441. The molecule has 1 saturated carbocycles. The number of nitrogens with one attached hydrogen (secondary N) is 1. The van der Waals surface area contributed by atoms with E-state index in [0.717, 1.165) is 31.2 Å².